The lowest BCUT2D eigenvalue weighted by molar-refractivity contribution is -0.119. The summed E-state index contributed by atoms with van der Waals surface area (Å²) in [5.41, 5.74) is 0.703. The van der Waals surface area contributed by atoms with Gasteiger partial charge in [0.05, 0.1) is 16.8 Å². The van der Waals surface area contributed by atoms with Crippen LogP contribution in [-0.4, -0.2) is 18.0 Å². The van der Waals surface area contributed by atoms with E-state index < -0.39 is 0 Å². The van der Waals surface area contributed by atoms with Gasteiger partial charge in [0.2, 0.25) is 5.91 Å². The lowest BCUT2D eigenvalue weighted by Gasteiger charge is -2.39. The first-order valence-electron chi connectivity index (χ1n) is 7.65. The maximum Gasteiger partial charge on any atom is 0.241 e. The monoisotopic (exact) mass is 418 g/mol. The van der Waals surface area contributed by atoms with E-state index in [1.807, 2.05) is 18.2 Å². The zero-order valence-corrected chi connectivity index (χ0v) is 14.8. The number of piperidine rings is 1. The summed E-state index contributed by atoms with van der Waals surface area (Å²) in [5.74, 6) is 0.812. The van der Waals surface area contributed by atoms with E-state index in [0.29, 0.717) is 16.8 Å². The molecule has 1 aliphatic carbocycles. The van der Waals surface area contributed by atoms with Gasteiger partial charge in [-0.3, -0.25) is 4.79 Å². The molecule has 1 saturated heterocycles. The topological polar surface area (TPSA) is 41.1 Å². The average Bonchev–Trinajstić information content (AvgIpc) is 2.49. The summed E-state index contributed by atoms with van der Waals surface area (Å²) in [4.78, 5) is 12.4. The molecule has 3 nitrogen and oxygen atoms in total. The molecule has 1 aromatic carbocycles. The van der Waals surface area contributed by atoms with Crippen molar-refractivity contribution in [2.24, 2.45) is 5.92 Å². The molecule has 1 heterocycles. The van der Waals surface area contributed by atoms with Crippen LogP contribution in [0.1, 0.15) is 38.5 Å². The van der Waals surface area contributed by atoms with Gasteiger partial charge in [0.25, 0.3) is 0 Å². The van der Waals surface area contributed by atoms with Gasteiger partial charge in [0, 0.05) is 9.61 Å². The Bertz CT molecular complexity index is 537. The highest BCUT2D eigenvalue weighted by Gasteiger charge is 2.34. The SMILES string of the molecule is O=C(Nc1ccc(I)cc1Cl)C1CCC2CCCCC2N1. The number of halogens is 2. The fraction of sp³-hybridized carbons (Fsp3) is 0.562. The van der Waals surface area contributed by atoms with E-state index in [1.54, 1.807) is 0 Å². The maximum atomic E-state index is 12.4. The Morgan fingerprint density at radius 3 is 2.86 bits per heavy atom. The highest BCUT2D eigenvalue weighted by Crippen LogP contribution is 2.32. The number of rotatable bonds is 2. The van der Waals surface area contributed by atoms with Crippen molar-refractivity contribution in [2.45, 2.75) is 50.6 Å². The van der Waals surface area contributed by atoms with E-state index in [-0.39, 0.29) is 11.9 Å². The highest BCUT2D eigenvalue weighted by molar-refractivity contribution is 14.1. The van der Waals surface area contributed by atoms with Crippen LogP contribution in [-0.2, 0) is 4.79 Å². The maximum absolute atomic E-state index is 12.4. The number of carbonyl (C=O) groups is 1. The Hall–Kier alpha value is -0.330. The molecule has 3 rings (SSSR count). The number of hydrogen-bond acceptors (Lipinski definition) is 2. The molecule has 0 radical (unpaired) electrons. The van der Waals surface area contributed by atoms with Crippen molar-refractivity contribution < 1.29 is 4.79 Å². The van der Waals surface area contributed by atoms with Gasteiger partial charge >= 0.3 is 0 Å². The van der Waals surface area contributed by atoms with E-state index in [4.69, 9.17) is 11.6 Å². The number of hydrogen-bond donors (Lipinski definition) is 2. The van der Waals surface area contributed by atoms with Crippen LogP contribution >= 0.6 is 34.2 Å². The molecular formula is C16H20ClIN2O. The van der Waals surface area contributed by atoms with Gasteiger partial charge in [0.15, 0.2) is 0 Å². The summed E-state index contributed by atoms with van der Waals surface area (Å²) in [6.45, 7) is 0. The van der Waals surface area contributed by atoms with Gasteiger partial charge in [-0.2, -0.15) is 0 Å². The molecule has 114 valence electrons. The zero-order valence-electron chi connectivity index (χ0n) is 11.9. The minimum Gasteiger partial charge on any atom is -0.323 e. The molecule has 0 aromatic heterocycles. The molecule has 2 aliphatic rings. The van der Waals surface area contributed by atoms with Crippen LogP contribution in [0.3, 0.4) is 0 Å². The molecule has 2 N–H and O–H groups in total. The number of amides is 1. The zero-order chi connectivity index (χ0) is 14.8. The van der Waals surface area contributed by atoms with Gasteiger partial charge in [0.1, 0.15) is 0 Å². The number of carbonyl (C=O) groups excluding carboxylic acids is 1. The average molecular weight is 419 g/mol. The number of fused-ring (bicyclic) bond motifs is 1. The highest BCUT2D eigenvalue weighted by atomic mass is 127. The smallest absolute Gasteiger partial charge is 0.241 e. The van der Waals surface area contributed by atoms with Crippen molar-refractivity contribution >= 4 is 45.8 Å². The fourth-order valence-electron chi connectivity index (χ4n) is 3.51. The first-order chi connectivity index (χ1) is 10.1. The minimum absolute atomic E-state index is 0.0436. The molecule has 0 bridgehead atoms. The third kappa shape index (κ3) is 3.71. The number of benzene rings is 1. The molecule has 1 aliphatic heterocycles. The Morgan fingerprint density at radius 1 is 1.24 bits per heavy atom. The summed E-state index contributed by atoms with van der Waals surface area (Å²) in [6, 6.07) is 6.13. The van der Waals surface area contributed by atoms with Gasteiger partial charge in [-0.05, 0) is 72.4 Å². The van der Waals surface area contributed by atoms with Crippen molar-refractivity contribution in [1.82, 2.24) is 5.32 Å². The van der Waals surface area contributed by atoms with E-state index in [9.17, 15) is 4.79 Å². The summed E-state index contributed by atoms with van der Waals surface area (Å²) >= 11 is 8.39. The van der Waals surface area contributed by atoms with E-state index >= 15 is 0 Å². The molecule has 21 heavy (non-hydrogen) atoms. The quantitative estimate of drug-likeness (QED) is 0.707. The van der Waals surface area contributed by atoms with Crippen LogP contribution in [0, 0.1) is 9.49 Å². The Morgan fingerprint density at radius 2 is 2.05 bits per heavy atom. The van der Waals surface area contributed by atoms with Gasteiger partial charge in [-0.25, -0.2) is 0 Å². The Balaban J connectivity index is 1.63. The van der Waals surface area contributed by atoms with Crippen LogP contribution < -0.4 is 10.6 Å². The lowest BCUT2D eigenvalue weighted by atomic mass is 9.77. The van der Waals surface area contributed by atoms with Crippen LogP contribution in [0.2, 0.25) is 5.02 Å². The van der Waals surface area contributed by atoms with Crippen molar-refractivity contribution in [3.63, 3.8) is 0 Å². The molecule has 5 heteroatoms. The summed E-state index contributed by atoms with van der Waals surface area (Å²) in [6.07, 6.45) is 7.24. The molecule has 3 unspecified atom stereocenters. The third-order valence-electron chi connectivity index (χ3n) is 4.66. The number of nitrogens with one attached hydrogen (secondary N) is 2. The van der Waals surface area contributed by atoms with Crippen molar-refractivity contribution in [2.75, 3.05) is 5.32 Å². The largest absolute Gasteiger partial charge is 0.323 e. The second-order valence-corrected chi connectivity index (χ2v) is 7.71. The van der Waals surface area contributed by atoms with Crippen molar-refractivity contribution in [1.29, 1.82) is 0 Å². The molecular weight excluding hydrogens is 399 g/mol. The molecule has 0 spiro atoms. The summed E-state index contributed by atoms with van der Waals surface area (Å²) < 4.78 is 1.07. The second-order valence-electron chi connectivity index (χ2n) is 6.06. The lowest BCUT2D eigenvalue weighted by Crippen LogP contribution is -2.53. The fourth-order valence-corrected chi connectivity index (χ4v) is 4.42. The first kappa shape index (κ1) is 15.6. The van der Waals surface area contributed by atoms with E-state index in [2.05, 4.69) is 33.2 Å². The van der Waals surface area contributed by atoms with E-state index in [1.165, 1.54) is 25.7 Å². The molecule has 2 fully saturated rings. The number of anilines is 1. The van der Waals surface area contributed by atoms with Gasteiger partial charge < -0.3 is 10.6 Å². The Kier molecular flexibility index (Phi) is 5.07. The normalized spacial score (nSPS) is 28.8. The van der Waals surface area contributed by atoms with Crippen LogP contribution in [0.15, 0.2) is 18.2 Å². The molecule has 3 atom stereocenters. The standard InChI is InChI=1S/C16H20ClIN2O/c17-12-9-11(18)6-8-14(12)20-16(21)15-7-5-10-3-1-2-4-13(10)19-15/h6,8-10,13,15,19H,1-5,7H2,(H,20,21). The van der Waals surface area contributed by atoms with Crippen LogP contribution in [0.25, 0.3) is 0 Å². The van der Waals surface area contributed by atoms with Gasteiger partial charge in [-0.1, -0.05) is 24.4 Å². The van der Waals surface area contributed by atoms with Crippen molar-refractivity contribution in [3.8, 4) is 0 Å². The van der Waals surface area contributed by atoms with Crippen LogP contribution in [0.4, 0.5) is 5.69 Å². The van der Waals surface area contributed by atoms with Gasteiger partial charge in [-0.15, -0.1) is 0 Å². The van der Waals surface area contributed by atoms with Crippen molar-refractivity contribution in [3.05, 3.63) is 26.8 Å². The molecule has 1 saturated carbocycles. The van der Waals surface area contributed by atoms with E-state index in [0.717, 1.165) is 22.3 Å². The van der Waals surface area contributed by atoms with Crippen LogP contribution in [0.5, 0.6) is 0 Å². The first-order valence-corrected chi connectivity index (χ1v) is 9.11. The third-order valence-corrected chi connectivity index (χ3v) is 5.64. The Labute approximate surface area is 144 Å². The second kappa shape index (κ2) is 6.84. The predicted octanol–water partition coefficient (Wildman–Crippen LogP) is 4.19. The molecule has 1 amide bonds. The minimum atomic E-state index is -0.0836. The summed E-state index contributed by atoms with van der Waals surface area (Å²) in [7, 11) is 0. The summed E-state index contributed by atoms with van der Waals surface area (Å²) in [5, 5.41) is 7.11. The molecule has 1 aromatic rings. The predicted molar refractivity (Wildman–Crippen MR) is 94.7 cm³/mol.